The summed E-state index contributed by atoms with van der Waals surface area (Å²) < 4.78 is 31.6. The Kier molecular flexibility index (Phi) is 3.99. The van der Waals surface area contributed by atoms with E-state index in [-0.39, 0.29) is 16.9 Å². The van der Waals surface area contributed by atoms with Crippen molar-refractivity contribution in [1.82, 2.24) is 0 Å². The molecule has 2 aromatic rings. The van der Waals surface area contributed by atoms with E-state index >= 15 is 0 Å². The zero-order chi connectivity index (χ0) is 17.8. The number of fused-ring (bicyclic) bond motifs is 2. The minimum atomic E-state index is -0.567. The van der Waals surface area contributed by atoms with E-state index in [1.54, 1.807) is 6.92 Å². The lowest BCUT2D eigenvalue weighted by molar-refractivity contribution is -0.0446. The third-order valence-electron chi connectivity index (χ3n) is 5.65. The van der Waals surface area contributed by atoms with Gasteiger partial charge in [0, 0.05) is 16.2 Å². The van der Waals surface area contributed by atoms with Crippen LogP contribution in [0.25, 0.3) is 11.0 Å². The largest absolute Gasteiger partial charge is 0.459 e. The van der Waals surface area contributed by atoms with Crippen molar-refractivity contribution in [3.05, 3.63) is 29.3 Å². The molecular formula is C19H20FNO4S. The summed E-state index contributed by atoms with van der Waals surface area (Å²) in [5, 5.41) is 0.959. The average molecular weight is 377 g/mol. The van der Waals surface area contributed by atoms with Gasteiger partial charge in [-0.05, 0) is 31.4 Å². The molecule has 2 saturated heterocycles. The number of hydrogen-bond acceptors (Lipinski definition) is 5. The van der Waals surface area contributed by atoms with E-state index in [9.17, 15) is 9.18 Å². The van der Waals surface area contributed by atoms with Crippen LogP contribution in [0.4, 0.5) is 14.9 Å². The third kappa shape index (κ3) is 2.41. The number of furan rings is 1. The quantitative estimate of drug-likeness (QED) is 0.744. The van der Waals surface area contributed by atoms with Crippen LogP contribution in [-0.2, 0) is 9.47 Å². The van der Waals surface area contributed by atoms with E-state index in [0.29, 0.717) is 40.7 Å². The molecule has 1 aliphatic carbocycles. The first-order valence-corrected chi connectivity index (χ1v) is 9.96. The SMILES string of the molecule is Cc1c(C2OCCO2)cc2c(N3C(=O)S[C@H]4CCCC[C@H]43)coc2c1F. The summed E-state index contributed by atoms with van der Waals surface area (Å²) in [7, 11) is 0. The molecular weight excluding hydrogens is 357 g/mol. The maximum atomic E-state index is 14.9. The van der Waals surface area contributed by atoms with Gasteiger partial charge < -0.3 is 13.9 Å². The normalized spacial score (nSPS) is 26.8. The van der Waals surface area contributed by atoms with Crippen LogP contribution in [0.3, 0.4) is 0 Å². The van der Waals surface area contributed by atoms with Crippen molar-refractivity contribution < 1.29 is 23.1 Å². The highest BCUT2D eigenvalue weighted by atomic mass is 32.2. The fourth-order valence-corrected chi connectivity index (χ4v) is 5.61. The topological polar surface area (TPSA) is 51.9 Å². The van der Waals surface area contributed by atoms with Gasteiger partial charge in [0.2, 0.25) is 0 Å². The van der Waals surface area contributed by atoms with E-state index in [4.69, 9.17) is 13.9 Å². The zero-order valence-electron chi connectivity index (χ0n) is 14.5. The van der Waals surface area contributed by atoms with Crippen molar-refractivity contribution in [1.29, 1.82) is 0 Å². The van der Waals surface area contributed by atoms with E-state index in [1.807, 2.05) is 11.0 Å². The van der Waals surface area contributed by atoms with Crippen LogP contribution in [0.1, 0.15) is 43.1 Å². The first-order valence-electron chi connectivity index (χ1n) is 9.08. The molecule has 26 heavy (non-hydrogen) atoms. The number of rotatable bonds is 2. The molecule has 5 rings (SSSR count). The summed E-state index contributed by atoms with van der Waals surface area (Å²) >= 11 is 1.40. The molecule has 138 valence electrons. The van der Waals surface area contributed by atoms with Gasteiger partial charge in [0.25, 0.3) is 5.24 Å². The summed E-state index contributed by atoms with van der Waals surface area (Å²) in [4.78, 5) is 14.5. The molecule has 1 amide bonds. The van der Waals surface area contributed by atoms with Gasteiger partial charge in [-0.1, -0.05) is 24.6 Å². The number of carbonyl (C=O) groups excluding carboxylic acids is 1. The zero-order valence-corrected chi connectivity index (χ0v) is 15.3. The average Bonchev–Trinajstić information content (AvgIpc) is 3.35. The van der Waals surface area contributed by atoms with Crippen LogP contribution in [0.2, 0.25) is 0 Å². The molecule has 0 spiro atoms. The molecule has 3 heterocycles. The van der Waals surface area contributed by atoms with Gasteiger partial charge in [-0.2, -0.15) is 0 Å². The highest BCUT2D eigenvalue weighted by molar-refractivity contribution is 8.14. The van der Waals surface area contributed by atoms with Crippen molar-refractivity contribution in [2.75, 3.05) is 18.1 Å². The first-order chi connectivity index (χ1) is 12.6. The number of carbonyl (C=O) groups is 1. The summed E-state index contributed by atoms with van der Waals surface area (Å²) in [5.74, 6) is -0.414. The first kappa shape index (κ1) is 16.6. The number of nitrogens with zero attached hydrogens (tertiary/aromatic N) is 1. The van der Waals surface area contributed by atoms with Gasteiger partial charge in [0.15, 0.2) is 17.7 Å². The van der Waals surface area contributed by atoms with Crippen LogP contribution >= 0.6 is 11.8 Å². The monoisotopic (exact) mass is 377 g/mol. The number of amides is 1. The number of anilines is 1. The Balaban J connectivity index is 1.63. The number of thioether (sulfide) groups is 1. The van der Waals surface area contributed by atoms with Gasteiger partial charge in [-0.3, -0.25) is 9.69 Å². The summed E-state index contributed by atoms with van der Waals surface area (Å²) in [6.45, 7) is 2.69. The molecule has 0 unspecified atom stereocenters. The van der Waals surface area contributed by atoms with E-state index in [2.05, 4.69) is 0 Å². The molecule has 0 bridgehead atoms. The second kappa shape index (κ2) is 6.25. The predicted octanol–water partition coefficient (Wildman–Crippen LogP) is 4.91. The molecule has 1 aromatic heterocycles. The third-order valence-corrected chi connectivity index (χ3v) is 6.90. The molecule has 2 aliphatic heterocycles. The molecule has 3 aliphatic rings. The van der Waals surface area contributed by atoms with Gasteiger partial charge in [0.1, 0.15) is 6.26 Å². The van der Waals surface area contributed by atoms with Crippen molar-refractivity contribution >= 4 is 33.7 Å². The number of ether oxygens (including phenoxy) is 2. The van der Waals surface area contributed by atoms with Gasteiger partial charge >= 0.3 is 0 Å². The summed E-state index contributed by atoms with van der Waals surface area (Å²) in [6.07, 6.45) is 5.26. The van der Waals surface area contributed by atoms with E-state index in [0.717, 1.165) is 25.7 Å². The standard InChI is InChI=1S/C19H20FNO4S/c1-10-11(18-23-6-7-24-18)8-12-14(9-25-17(12)16(10)20)21-13-4-2-3-5-15(13)26-19(21)22/h8-9,13,15,18H,2-7H2,1H3/t13-,15+/m1/s1. The van der Waals surface area contributed by atoms with Gasteiger partial charge in [0.05, 0.1) is 24.9 Å². The van der Waals surface area contributed by atoms with Gasteiger partial charge in [-0.15, -0.1) is 0 Å². The maximum Gasteiger partial charge on any atom is 0.286 e. The number of benzene rings is 1. The smallest absolute Gasteiger partial charge is 0.286 e. The Morgan fingerprint density at radius 2 is 2.00 bits per heavy atom. The minimum Gasteiger partial charge on any atom is -0.459 e. The molecule has 2 atom stereocenters. The van der Waals surface area contributed by atoms with Crippen molar-refractivity contribution in [3.8, 4) is 0 Å². The Morgan fingerprint density at radius 3 is 2.81 bits per heavy atom. The second-order valence-electron chi connectivity index (χ2n) is 7.12. The van der Waals surface area contributed by atoms with Crippen LogP contribution in [0, 0.1) is 12.7 Å². The van der Waals surface area contributed by atoms with Crippen molar-refractivity contribution in [2.45, 2.75) is 50.2 Å². The highest BCUT2D eigenvalue weighted by Crippen LogP contribution is 2.46. The number of hydrogen-bond donors (Lipinski definition) is 0. The fourth-order valence-electron chi connectivity index (χ4n) is 4.31. The van der Waals surface area contributed by atoms with Crippen LogP contribution in [0.5, 0.6) is 0 Å². The molecule has 7 heteroatoms. The van der Waals surface area contributed by atoms with Crippen molar-refractivity contribution in [2.24, 2.45) is 0 Å². The van der Waals surface area contributed by atoms with E-state index in [1.165, 1.54) is 18.0 Å². The second-order valence-corrected chi connectivity index (χ2v) is 8.31. The Bertz CT molecular complexity index is 876. The molecule has 1 aromatic carbocycles. The Morgan fingerprint density at radius 1 is 1.23 bits per heavy atom. The molecule has 5 nitrogen and oxygen atoms in total. The van der Waals surface area contributed by atoms with Crippen molar-refractivity contribution in [3.63, 3.8) is 0 Å². The van der Waals surface area contributed by atoms with Crippen LogP contribution < -0.4 is 4.90 Å². The summed E-state index contributed by atoms with van der Waals surface area (Å²) in [5.41, 5.74) is 1.97. The molecule has 0 N–H and O–H groups in total. The van der Waals surface area contributed by atoms with Crippen LogP contribution in [-0.4, -0.2) is 29.7 Å². The lowest BCUT2D eigenvalue weighted by Crippen LogP contribution is -2.38. The molecule has 1 saturated carbocycles. The Labute approximate surface area is 154 Å². The van der Waals surface area contributed by atoms with E-state index < -0.39 is 12.1 Å². The van der Waals surface area contributed by atoms with Crippen LogP contribution in [0.15, 0.2) is 16.7 Å². The Hall–Kier alpha value is -1.57. The molecule has 0 radical (unpaired) electrons. The summed E-state index contributed by atoms with van der Waals surface area (Å²) in [6, 6.07) is 2.02. The number of halogens is 1. The lowest BCUT2D eigenvalue weighted by Gasteiger charge is -2.29. The fraction of sp³-hybridized carbons (Fsp3) is 0.526. The minimum absolute atomic E-state index is 0.0282. The highest BCUT2D eigenvalue weighted by Gasteiger charge is 2.43. The lowest BCUT2D eigenvalue weighted by atomic mass is 9.93. The van der Waals surface area contributed by atoms with Gasteiger partial charge in [-0.25, -0.2) is 4.39 Å². The molecule has 3 fully saturated rings. The maximum absolute atomic E-state index is 14.9. The predicted molar refractivity (Wildman–Crippen MR) is 97.1 cm³/mol.